The molecule has 166 valence electrons. The molecule has 0 aliphatic rings. The van der Waals surface area contributed by atoms with Gasteiger partial charge in [0.05, 0.1) is 16.4 Å². The number of carbonyl (C=O) groups is 2. The predicted octanol–water partition coefficient (Wildman–Crippen LogP) is 7.19. The Balaban J connectivity index is 1.89. The lowest BCUT2D eigenvalue weighted by Crippen LogP contribution is -2.30. The molecule has 32 heavy (non-hydrogen) atoms. The van der Waals surface area contributed by atoms with Crippen LogP contribution in [-0.4, -0.2) is 17.9 Å². The van der Waals surface area contributed by atoms with E-state index in [4.69, 9.17) is 11.6 Å². The van der Waals surface area contributed by atoms with Crippen LogP contribution in [0.4, 0.5) is 30.2 Å². The topological polar surface area (TPSA) is 58.2 Å². The Bertz CT molecular complexity index is 1210. The third kappa shape index (κ3) is 5.49. The zero-order valence-corrected chi connectivity index (χ0v) is 19.2. The number of rotatable bonds is 5. The molecule has 0 spiro atoms. The monoisotopic (exact) mass is 524 g/mol. The fourth-order valence-electron chi connectivity index (χ4n) is 2.98. The van der Waals surface area contributed by atoms with Crippen molar-refractivity contribution in [3.8, 4) is 0 Å². The van der Waals surface area contributed by atoms with Gasteiger partial charge in [0.1, 0.15) is 0 Å². The predicted molar refractivity (Wildman–Crippen MR) is 123 cm³/mol. The molecule has 3 aromatic carbocycles. The van der Waals surface area contributed by atoms with E-state index >= 15 is 0 Å². The molecule has 0 aromatic heterocycles. The average Bonchev–Trinajstić information content (AvgIpc) is 2.70. The summed E-state index contributed by atoms with van der Waals surface area (Å²) in [4.78, 5) is 24.3. The van der Waals surface area contributed by atoms with Crippen LogP contribution in [0.2, 0.25) is 5.02 Å². The van der Waals surface area contributed by atoms with Crippen LogP contribution in [0.15, 0.2) is 59.1 Å². The fraction of sp³-hybridized carbons (Fsp3) is 0.130. The summed E-state index contributed by atoms with van der Waals surface area (Å²) < 4.78 is 38.5. The van der Waals surface area contributed by atoms with E-state index in [-0.39, 0.29) is 22.2 Å². The molecule has 0 saturated carbocycles. The molecule has 0 saturated heterocycles. The maximum Gasteiger partial charge on any atom is 0.471 e. The van der Waals surface area contributed by atoms with E-state index in [1.54, 1.807) is 24.3 Å². The van der Waals surface area contributed by atoms with E-state index in [1.807, 2.05) is 31.3 Å². The smallest absolute Gasteiger partial charge is 0.354 e. The van der Waals surface area contributed by atoms with Crippen LogP contribution in [0.1, 0.15) is 27.0 Å². The molecule has 0 fully saturated rings. The summed E-state index contributed by atoms with van der Waals surface area (Å²) in [5.41, 5.74) is 3.17. The Labute approximate surface area is 195 Å². The summed E-state index contributed by atoms with van der Waals surface area (Å²) in [7, 11) is 0. The van der Waals surface area contributed by atoms with E-state index in [0.717, 1.165) is 11.1 Å². The molecular formula is C23H17BrClF3N2O2. The first-order valence-electron chi connectivity index (χ1n) is 9.32. The number of amides is 1. The van der Waals surface area contributed by atoms with Crippen molar-refractivity contribution in [1.29, 1.82) is 0 Å². The first kappa shape index (κ1) is 23.8. The number of carbonyl (C=O) groups excluding carboxylic acids is 2. The van der Waals surface area contributed by atoms with E-state index in [2.05, 4.69) is 21.2 Å². The molecule has 1 amide bonds. The Kier molecular flexibility index (Phi) is 6.95. The molecular weight excluding hydrogens is 509 g/mol. The third-order valence-corrected chi connectivity index (χ3v) is 5.42. The number of hydrogen-bond acceptors (Lipinski definition) is 3. The Morgan fingerprint density at radius 1 is 0.906 bits per heavy atom. The van der Waals surface area contributed by atoms with Crippen LogP contribution < -0.4 is 10.6 Å². The minimum absolute atomic E-state index is 0.0756. The van der Waals surface area contributed by atoms with Crippen molar-refractivity contribution >= 4 is 56.3 Å². The van der Waals surface area contributed by atoms with Crippen molar-refractivity contribution in [2.75, 3.05) is 10.6 Å². The Morgan fingerprint density at radius 3 is 2.28 bits per heavy atom. The van der Waals surface area contributed by atoms with Gasteiger partial charge in [-0.05, 0) is 61.9 Å². The van der Waals surface area contributed by atoms with Crippen LogP contribution in [0, 0.1) is 13.8 Å². The number of hydrogen-bond donors (Lipinski definition) is 2. The van der Waals surface area contributed by atoms with E-state index in [0.29, 0.717) is 21.3 Å². The second kappa shape index (κ2) is 9.34. The number of anilines is 3. The van der Waals surface area contributed by atoms with Gasteiger partial charge in [-0.1, -0.05) is 45.2 Å². The Hall–Kier alpha value is -2.84. The number of alkyl halides is 3. The lowest BCUT2D eigenvalue weighted by atomic mass is 9.97. The minimum atomic E-state index is -5.03. The molecule has 0 bridgehead atoms. The van der Waals surface area contributed by atoms with Gasteiger partial charge < -0.3 is 10.6 Å². The second-order valence-corrected chi connectivity index (χ2v) is 8.43. The maximum atomic E-state index is 13.0. The van der Waals surface area contributed by atoms with Gasteiger partial charge >= 0.3 is 12.1 Å². The van der Waals surface area contributed by atoms with Crippen molar-refractivity contribution in [2.45, 2.75) is 20.0 Å². The molecule has 0 aliphatic carbocycles. The summed E-state index contributed by atoms with van der Waals surface area (Å²) in [5.74, 6) is -2.32. The molecule has 0 atom stereocenters. The number of aryl methyl sites for hydroxylation is 2. The standard InChI is InChI=1S/C23H17BrClF3N2O2/c1-12-3-4-13(2)17(9-12)21(31)16-7-6-15(11-18(16)25)29-19-8-5-14(24)10-20(19)30-22(32)23(26,27)28/h3-11,29H,1-2H3,(H,30,32). The Morgan fingerprint density at radius 2 is 1.62 bits per heavy atom. The molecule has 0 unspecified atom stereocenters. The number of benzene rings is 3. The van der Waals surface area contributed by atoms with Gasteiger partial charge in [0, 0.05) is 21.3 Å². The van der Waals surface area contributed by atoms with Gasteiger partial charge in [0.15, 0.2) is 5.78 Å². The van der Waals surface area contributed by atoms with E-state index in [1.165, 1.54) is 18.2 Å². The van der Waals surface area contributed by atoms with Gasteiger partial charge in [0.25, 0.3) is 0 Å². The normalized spacial score (nSPS) is 11.2. The molecule has 3 rings (SSSR count). The number of nitrogens with one attached hydrogen (secondary N) is 2. The average molecular weight is 526 g/mol. The summed E-state index contributed by atoms with van der Waals surface area (Å²) in [6, 6.07) is 14.6. The SMILES string of the molecule is Cc1ccc(C)c(C(=O)c2ccc(Nc3ccc(Br)cc3NC(=O)C(F)(F)F)cc2Cl)c1. The van der Waals surface area contributed by atoms with E-state index < -0.39 is 12.1 Å². The first-order chi connectivity index (χ1) is 15.0. The maximum absolute atomic E-state index is 13.0. The van der Waals surface area contributed by atoms with E-state index in [9.17, 15) is 22.8 Å². The zero-order valence-electron chi connectivity index (χ0n) is 16.9. The van der Waals surface area contributed by atoms with Crippen LogP contribution in [-0.2, 0) is 4.79 Å². The number of halogens is 5. The highest BCUT2D eigenvalue weighted by Crippen LogP contribution is 2.32. The quantitative estimate of drug-likeness (QED) is 0.347. The molecule has 0 aliphatic heterocycles. The molecule has 2 N–H and O–H groups in total. The lowest BCUT2D eigenvalue weighted by Gasteiger charge is -2.15. The van der Waals surface area contributed by atoms with Gasteiger partial charge in [-0.3, -0.25) is 9.59 Å². The highest BCUT2D eigenvalue weighted by atomic mass is 79.9. The minimum Gasteiger partial charge on any atom is -0.354 e. The summed E-state index contributed by atoms with van der Waals surface area (Å²) in [5, 5.41) is 4.95. The summed E-state index contributed by atoms with van der Waals surface area (Å²) in [6.45, 7) is 3.72. The van der Waals surface area contributed by atoms with Crippen molar-refractivity contribution < 1.29 is 22.8 Å². The van der Waals surface area contributed by atoms with Crippen molar-refractivity contribution in [2.24, 2.45) is 0 Å². The van der Waals surface area contributed by atoms with Crippen LogP contribution in [0.25, 0.3) is 0 Å². The molecule has 4 nitrogen and oxygen atoms in total. The van der Waals surface area contributed by atoms with Crippen LogP contribution in [0.5, 0.6) is 0 Å². The molecule has 9 heteroatoms. The summed E-state index contributed by atoms with van der Waals surface area (Å²) >= 11 is 9.53. The van der Waals surface area contributed by atoms with Gasteiger partial charge in [-0.2, -0.15) is 13.2 Å². The van der Waals surface area contributed by atoms with Gasteiger partial charge in [-0.15, -0.1) is 0 Å². The van der Waals surface area contributed by atoms with Crippen molar-refractivity contribution in [3.63, 3.8) is 0 Å². The van der Waals surface area contributed by atoms with Gasteiger partial charge in [-0.25, -0.2) is 0 Å². The molecule has 0 radical (unpaired) electrons. The summed E-state index contributed by atoms with van der Waals surface area (Å²) in [6.07, 6.45) is -5.03. The van der Waals surface area contributed by atoms with Crippen molar-refractivity contribution in [3.05, 3.63) is 86.3 Å². The first-order valence-corrected chi connectivity index (χ1v) is 10.5. The molecule has 0 heterocycles. The van der Waals surface area contributed by atoms with Crippen LogP contribution >= 0.6 is 27.5 Å². The van der Waals surface area contributed by atoms with Crippen LogP contribution in [0.3, 0.4) is 0 Å². The lowest BCUT2D eigenvalue weighted by molar-refractivity contribution is -0.167. The van der Waals surface area contributed by atoms with Gasteiger partial charge in [0.2, 0.25) is 0 Å². The highest BCUT2D eigenvalue weighted by Gasteiger charge is 2.39. The number of ketones is 1. The van der Waals surface area contributed by atoms with Crippen molar-refractivity contribution in [1.82, 2.24) is 0 Å². The highest BCUT2D eigenvalue weighted by molar-refractivity contribution is 9.10. The zero-order chi connectivity index (χ0) is 23.6. The fourth-order valence-corrected chi connectivity index (χ4v) is 3.61. The third-order valence-electron chi connectivity index (χ3n) is 4.62. The largest absolute Gasteiger partial charge is 0.471 e. The second-order valence-electron chi connectivity index (χ2n) is 7.11. The molecule has 3 aromatic rings.